The Kier molecular flexibility index (Phi) is 3.78. The van der Waals surface area contributed by atoms with E-state index in [0.717, 1.165) is 0 Å². The van der Waals surface area contributed by atoms with Gasteiger partial charge in [0.2, 0.25) is 10.0 Å². The first-order chi connectivity index (χ1) is 7.03. The molecular formula is C9H12N2O2S2. The van der Waals surface area contributed by atoms with Crippen molar-refractivity contribution >= 4 is 27.2 Å². The van der Waals surface area contributed by atoms with Crippen LogP contribution in [0.3, 0.4) is 0 Å². The molecule has 15 heavy (non-hydrogen) atoms. The van der Waals surface area contributed by atoms with Crippen LogP contribution in [-0.4, -0.2) is 27.5 Å². The van der Waals surface area contributed by atoms with E-state index in [1.807, 2.05) is 0 Å². The highest BCUT2D eigenvalue weighted by atomic mass is 32.2. The number of thiocarbonyl (C=S) groups is 1. The fourth-order valence-corrected chi connectivity index (χ4v) is 2.31. The molecule has 0 aromatic heterocycles. The van der Waals surface area contributed by atoms with Crippen LogP contribution in [0.5, 0.6) is 0 Å². The summed E-state index contributed by atoms with van der Waals surface area (Å²) >= 11 is 5.02. The Morgan fingerprint density at radius 1 is 1.27 bits per heavy atom. The van der Waals surface area contributed by atoms with Gasteiger partial charge in [-0.25, -0.2) is 13.1 Å². The summed E-state index contributed by atoms with van der Waals surface area (Å²) in [5, 5.41) is 2.76. The second kappa shape index (κ2) is 4.69. The topological polar surface area (TPSA) is 58.2 Å². The molecule has 6 heteroatoms. The van der Waals surface area contributed by atoms with Crippen LogP contribution in [0.4, 0.5) is 0 Å². The van der Waals surface area contributed by atoms with E-state index in [0.29, 0.717) is 10.6 Å². The summed E-state index contributed by atoms with van der Waals surface area (Å²) in [5.41, 5.74) is 0.504. The van der Waals surface area contributed by atoms with Crippen molar-refractivity contribution in [2.45, 2.75) is 4.90 Å². The number of nitrogens with one attached hydrogen (secondary N) is 2. The summed E-state index contributed by atoms with van der Waals surface area (Å²) in [7, 11) is -0.434. The van der Waals surface area contributed by atoms with Gasteiger partial charge in [0, 0.05) is 12.6 Å². The van der Waals surface area contributed by atoms with E-state index in [4.69, 9.17) is 12.2 Å². The first kappa shape index (κ1) is 12.1. The van der Waals surface area contributed by atoms with Gasteiger partial charge in [-0.05, 0) is 13.1 Å². The molecule has 0 saturated heterocycles. The molecule has 2 N–H and O–H groups in total. The van der Waals surface area contributed by atoms with Gasteiger partial charge in [-0.2, -0.15) is 0 Å². The van der Waals surface area contributed by atoms with Crippen LogP contribution in [0.2, 0.25) is 0 Å². The van der Waals surface area contributed by atoms with Crippen molar-refractivity contribution in [3.8, 4) is 0 Å². The van der Waals surface area contributed by atoms with Crippen molar-refractivity contribution in [1.82, 2.24) is 10.0 Å². The van der Waals surface area contributed by atoms with Crippen molar-refractivity contribution in [3.05, 3.63) is 29.8 Å². The third-order valence-electron chi connectivity index (χ3n) is 1.92. The zero-order chi connectivity index (χ0) is 11.5. The maximum atomic E-state index is 11.6. The first-order valence-electron chi connectivity index (χ1n) is 4.27. The molecule has 0 heterocycles. The predicted octanol–water partition coefficient (Wildman–Crippen LogP) is 0.490. The fraction of sp³-hybridized carbons (Fsp3) is 0.222. The summed E-state index contributed by atoms with van der Waals surface area (Å²) in [6, 6.07) is 6.59. The average molecular weight is 244 g/mol. The largest absolute Gasteiger partial charge is 0.379 e. The van der Waals surface area contributed by atoms with Crippen molar-refractivity contribution in [3.63, 3.8) is 0 Å². The molecular weight excluding hydrogens is 232 g/mol. The number of hydrogen-bond donors (Lipinski definition) is 2. The lowest BCUT2D eigenvalue weighted by Crippen LogP contribution is -2.24. The normalized spacial score (nSPS) is 11.1. The molecule has 0 fully saturated rings. The van der Waals surface area contributed by atoms with E-state index in [-0.39, 0.29) is 4.90 Å². The maximum absolute atomic E-state index is 11.6. The SMILES string of the molecule is CNC(=S)c1ccccc1S(=O)(=O)NC. The first-order valence-corrected chi connectivity index (χ1v) is 6.16. The van der Waals surface area contributed by atoms with Gasteiger partial charge in [0.1, 0.15) is 4.99 Å². The lowest BCUT2D eigenvalue weighted by atomic mass is 10.2. The van der Waals surface area contributed by atoms with E-state index >= 15 is 0 Å². The maximum Gasteiger partial charge on any atom is 0.241 e. The van der Waals surface area contributed by atoms with Gasteiger partial charge in [-0.15, -0.1) is 0 Å². The van der Waals surface area contributed by atoms with Gasteiger partial charge in [-0.1, -0.05) is 30.4 Å². The molecule has 1 rings (SSSR count). The second-order valence-electron chi connectivity index (χ2n) is 2.78. The molecule has 4 nitrogen and oxygen atoms in total. The number of sulfonamides is 1. The molecule has 0 aliphatic carbocycles. The molecule has 0 radical (unpaired) electrons. The van der Waals surface area contributed by atoms with Crippen LogP contribution in [0.1, 0.15) is 5.56 Å². The second-order valence-corrected chi connectivity index (χ2v) is 5.05. The Hall–Kier alpha value is -0.980. The van der Waals surface area contributed by atoms with E-state index in [1.54, 1.807) is 25.2 Å². The molecule has 0 saturated carbocycles. The number of benzene rings is 1. The molecule has 82 valence electrons. The summed E-state index contributed by atoms with van der Waals surface area (Å²) in [6.45, 7) is 0. The van der Waals surface area contributed by atoms with E-state index < -0.39 is 10.0 Å². The number of hydrogen-bond acceptors (Lipinski definition) is 3. The lowest BCUT2D eigenvalue weighted by molar-refractivity contribution is 0.588. The van der Waals surface area contributed by atoms with E-state index in [2.05, 4.69) is 10.0 Å². The van der Waals surface area contributed by atoms with Gasteiger partial charge < -0.3 is 5.32 Å². The molecule has 0 unspecified atom stereocenters. The average Bonchev–Trinajstić information content (AvgIpc) is 2.28. The van der Waals surface area contributed by atoms with Crippen molar-refractivity contribution < 1.29 is 8.42 Å². The summed E-state index contributed by atoms with van der Waals surface area (Å²) in [5.74, 6) is 0. The Morgan fingerprint density at radius 3 is 2.40 bits per heavy atom. The Balaban J connectivity index is 3.37. The van der Waals surface area contributed by atoms with Crippen LogP contribution < -0.4 is 10.0 Å². The monoisotopic (exact) mass is 244 g/mol. The zero-order valence-corrected chi connectivity index (χ0v) is 10.1. The van der Waals surface area contributed by atoms with Crippen molar-refractivity contribution in [2.75, 3.05) is 14.1 Å². The molecule has 0 aliphatic heterocycles. The Morgan fingerprint density at radius 2 is 1.87 bits per heavy atom. The third-order valence-corrected chi connectivity index (χ3v) is 3.81. The molecule has 0 amide bonds. The standard InChI is InChI=1S/C9H12N2O2S2/c1-10-9(14)7-5-3-4-6-8(7)15(12,13)11-2/h3-6,11H,1-2H3,(H,10,14). The molecule has 1 aromatic rings. The quantitative estimate of drug-likeness (QED) is 0.760. The summed E-state index contributed by atoms with van der Waals surface area (Å²) in [6.07, 6.45) is 0. The molecule has 1 aromatic carbocycles. The highest BCUT2D eigenvalue weighted by Gasteiger charge is 2.17. The molecule has 0 bridgehead atoms. The van der Waals surface area contributed by atoms with Crippen molar-refractivity contribution in [2.24, 2.45) is 0 Å². The van der Waals surface area contributed by atoms with Gasteiger partial charge in [0.05, 0.1) is 4.90 Å². The van der Waals surface area contributed by atoms with E-state index in [1.165, 1.54) is 13.1 Å². The molecule has 0 aliphatic rings. The molecule has 0 spiro atoms. The van der Waals surface area contributed by atoms with Gasteiger partial charge in [-0.3, -0.25) is 0 Å². The van der Waals surface area contributed by atoms with Gasteiger partial charge >= 0.3 is 0 Å². The summed E-state index contributed by atoms with van der Waals surface area (Å²) in [4.78, 5) is 0.594. The minimum Gasteiger partial charge on any atom is -0.379 e. The Labute approximate surface area is 94.7 Å². The van der Waals surface area contributed by atoms with Crippen LogP contribution in [-0.2, 0) is 10.0 Å². The van der Waals surface area contributed by atoms with Crippen LogP contribution in [0, 0.1) is 0 Å². The van der Waals surface area contributed by atoms with Gasteiger partial charge in [0.15, 0.2) is 0 Å². The van der Waals surface area contributed by atoms with Gasteiger partial charge in [0.25, 0.3) is 0 Å². The summed E-state index contributed by atoms with van der Waals surface area (Å²) < 4.78 is 25.5. The highest BCUT2D eigenvalue weighted by Crippen LogP contribution is 2.15. The third kappa shape index (κ3) is 2.53. The van der Waals surface area contributed by atoms with Crippen LogP contribution >= 0.6 is 12.2 Å². The highest BCUT2D eigenvalue weighted by molar-refractivity contribution is 7.89. The zero-order valence-electron chi connectivity index (χ0n) is 8.44. The predicted molar refractivity (Wildman–Crippen MR) is 63.4 cm³/mol. The smallest absolute Gasteiger partial charge is 0.241 e. The minimum absolute atomic E-state index is 0.187. The van der Waals surface area contributed by atoms with Crippen molar-refractivity contribution in [1.29, 1.82) is 0 Å². The van der Waals surface area contributed by atoms with Crippen LogP contribution in [0.25, 0.3) is 0 Å². The molecule has 0 atom stereocenters. The van der Waals surface area contributed by atoms with E-state index in [9.17, 15) is 8.42 Å². The fourth-order valence-electron chi connectivity index (χ4n) is 1.13. The Bertz CT molecular complexity index is 469. The lowest BCUT2D eigenvalue weighted by Gasteiger charge is -2.09. The number of rotatable bonds is 3. The minimum atomic E-state index is -3.46. The van der Waals surface area contributed by atoms with Crippen LogP contribution in [0.15, 0.2) is 29.2 Å².